The van der Waals surface area contributed by atoms with Crippen LogP contribution in [0.2, 0.25) is 0 Å². The van der Waals surface area contributed by atoms with Gasteiger partial charge in [-0.15, -0.1) is 6.58 Å². The van der Waals surface area contributed by atoms with E-state index in [1.54, 1.807) is 11.0 Å². The largest absolute Gasteiger partial charge is 0.356 e. The minimum Gasteiger partial charge on any atom is -0.356 e. The van der Waals surface area contributed by atoms with E-state index in [-0.39, 0.29) is 18.0 Å². The number of benzene rings is 1. The van der Waals surface area contributed by atoms with Gasteiger partial charge in [0.25, 0.3) is 5.91 Å². The molecule has 2 aliphatic rings. The van der Waals surface area contributed by atoms with E-state index < -0.39 is 0 Å². The molecule has 1 fully saturated rings. The van der Waals surface area contributed by atoms with Gasteiger partial charge >= 0.3 is 0 Å². The van der Waals surface area contributed by atoms with Crippen LogP contribution in [0.5, 0.6) is 0 Å². The highest BCUT2D eigenvalue weighted by Gasteiger charge is 2.48. The molecule has 112 valence electrons. The number of carbonyl (C=O) groups is 1. The molecule has 1 aromatic heterocycles. The molecule has 0 saturated carbocycles. The summed E-state index contributed by atoms with van der Waals surface area (Å²) in [5, 5.41) is 1.83. The summed E-state index contributed by atoms with van der Waals surface area (Å²) in [6.07, 6.45) is 2.43. The molecular formula is C17H17N3OS. The number of amides is 1. The van der Waals surface area contributed by atoms with Crippen molar-refractivity contribution in [3.63, 3.8) is 0 Å². The van der Waals surface area contributed by atoms with Gasteiger partial charge in [0.05, 0.1) is 6.04 Å². The zero-order chi connectivity index (χ0) is 15.4. The fourth-order valence-electron chi connectivity index (χ4n) is 3.71. The van der Waals surface area contributed by atoms with Crippen LogP contribution in [0, 0.1) is 0 Å². The Bertz CT molecular complexity index is 809. The summed E-state index contributed by atoms with van der Waals surface area (Å²) in [4.78, 5) is 19.9. The number of hydrogen-bond acceptors (Lipinski definition) is 2. The molecule has 1 N–H and O–H groups in total. The molecule has 0 aliphatic carbocycles. The minimum absolute atomic E-state index is 0.0763. The second kappa shape index (κ2) is 4.68. The minimum atomic E-state index is -0.186. The van der Waals surface area contributed by atoms with Crippen molar-refractivity contribution in [2.45, 2.75) is 25.4 Å². The Morgan fingerprint density at radius 1 is 1.45 bits per heavy atom. The smallest absolute Gasteiger partial charge is 0.252 e. The molecule has 5 heteroatoms. The van der Waals surface area contributed by atoms with Gasteiger partial charge in [-0.25, -0.2) is 0 Å². The maximum Gasteiger partial charge on any atom is 0.252 e. The second-order valence-electron chi connectivity index (χ2n) is 5.89. The van der Waals surface area contributed by atoms with Crippen molar-refractivity contribution >= 4 is 34.1 Å². The first kappa shape index (κ1) is 13.5. The van der Waals surface area contributed by atoms with Crippen molar-refractivity contribution in [1.29, 1.82) is 0 Å². The van der Waals surface area contributed by atoms with Gasteiger partial charge in [-0.3, -0.25) is 9.69 Å². The number of rotatable bonds is 2. The average Bonchev–Trinajstić information content (AvgIpc) is 3.00. The highest BCUT2D eigenvalue weighted by molar-refractivity contribution is 7.80. The first-order chi connectivity index (χ1) is 10.6. The van der Waals surface area contributed by atoms with E-state index in [0.717, 1.165) is 5.52 Å². The topological polar surface area (TPSA) is 39.3 Å². The molecule has 0 bridgehead atoms. The van der Waals surface area contributed by atoms with Crippen LogP contribution in [-0.2, 0) is 11.2 Å². The third kappa shape index (κ3) is 1.63. The van der Waals surface area contributed by atoms with Crippen LogP contribution in [0.25, 0.3) is 10.9 Å². The van der Waals surface area contributed by atoms with Crippen LogP contribution in [0.15, 0.2) is 36.9 Å². The van der Waals surface area contributed by atoms with Gasteiger partial charge in [0, 0.05) is 29.6 Å². The number of nitrogens with zero attached hydrogens (tertiary/aromatic N) is 2. The Morgan fingerprint density at radius 2 is 2.23 bits per heavy atom. The monoisotopic (exact) mass is 311 g/mol. The number of fused-ring (bicyclic) bond motifs is 4. The number of hydrogen-bond donors (Lipinski definition) is 1. The van der Waals surface area contributed by atoms with Crippen LogP contribution >= 0.6 is 12.2 Å². The van der Waals surface area contributed by atoms with Crippen molar-refractivity contribution in [3.05, 3.63) is 48.2 Å². The molecule has 2 aromatic rings. The molecule has 2 atom stereocenters. The van der Waals surface area contributed by atoms with E-state index in [1.807, 2.05) is 12.1 Å². The summed E-state index contributed by atoms with van der Waals surface area (Å²) in [5.74, 6) is 0.0904. The summed E-state index contributed by atoms with van der Waals surface area (Å²) in [6, 6.07) is 8.15. The highest BCUT2D eigenvalue weighted by Crippen LogP contribution is 2.40. The first-order valence-corrected chi connectivity index (χ1v) is 7.88. The van der Waals surface area contributed by atoms with E-state index in [0.29, 0.717) is 18.1 Å². The number of thiocarbonyl (C=S) groups is 1. The molecule has 22 heavy (non-hydrogen) atoms. The van der Waals surface area contributed by atoms with Crippen molar-refractivity contribution < 1.29 is 4.79 Å². The second-order valence-corrected chi connectivity index (χ2v) is 6.25. The van der Waals surface area contributed by atoms with Gasteiger partial charge < -0.3 is 9.88 Å². The average molecular weight is 311 g/mol. The standard InChI is InChI=1S/C17H17N3OS/c1-3-8-19-16(21)14-9-12-11-6-4-5-7-13(11)18-15(12)10(2)20(14)17(19)22/h3-7,10,14,18H,1,8-9H2,2H3/t10-,14+/m0/s1. The van der Waals surface area contributed by atoms with Gasteiger partial charge in [0.2, 0.25) is 0 Å². The maximum absolute atomic E-state index is 12.7. The summed E-state index contributed by atoms with van der Waals surface area (Å²) in [5.41, 5.74) is 3.55. The number of para-hydroxylation sites is 1. The lowest BCUT2D eigenvalue weighted by Gasteiger charge is -2.34. The third-order valence-corrected chi connectivity index (χ3v) is 5.16. The quantitative estimate of drug-likeness (QED) is 0.685. The van der Waals surface area contributed by atoms with Gasteiger partial charge in [0.1, 0.15) is 6.04 Å². The molecule has 4 nitrogen and oxygen atoms in total. The van der Waals surface area contributed by atoms with Gasteiger partial charge in [-0.2, -0.15) is 0 Å². The van der Waals surface area contributed by atoms with Crippen LogP contribution in [0.4, 0.5) is 0 Å². The maximum atomic E-state index is 12.7. The SMILES string of the molecule is C=CCN1C(=O)[C@H]2Cc3c([nH]c4ccccc34)[C@H](C)N2C1=S. The summed E-state index contributed by atoms with van der Waals surface area (Å²) in [7, 11) is 0. The van der Waals surface area contributed by atoms with Gasteiger partial charge in [-0.1, -0.05) is 24.3 Å². The Morgan fingerprint density at radius 3 is 3.00 bits per heavy atom. The predicted octanol–water partition coefficient (Wildman–Crippen LogP) is 2.77. The Kier molecular flexibility index (Phi) is 2.87. The summed E-state index contributed by atoms with van der Waals surface area (Å²) in [6.45, 7) is 6.31. The van der Waals surface area contributed by atoms with E-state index in [2.05, 4.69) is 35.5 Å². The van der Waals surface area contributed by atoms with Gasteiger partial charge in [0.15, 0.2) is 5.11 Å². The molecular weight excluding hydrogens is 294 g/mol. The molecule has 1 amide bonds. The normalized spacial score (nSPS) is 23.9. The highest BCUT2D eigenvalue weighted by atomic mass is 32.1. The van der Waals surface area contributed by atoms with E-state index in [9.17, 15) is 4.79 Å². The van der Waals surface area contributed by atoms with Crippen molar-refractivity contribution in [2.24, 2.45) is 0 Å². The van der Waals surface area contributed by atoms with E-state index in [1.165, 1.54) is 16.6 Å². The Labute approximate surface area is 134 Å². The Balaban J connectivity index is 1.83. The van der Waals surface area contributed by atoms with Crippen LogP contribution in [-0.4, -0.2) is 38.4 Å². The fourth-order valence-corrected chi connectivity index (χ4v) is 4.16. The molecule has 1 aromatic carbocycles. The van der Waals surface area contributed by atoms with Crippen molar-refractivity contribution in [2.75, 3.05) is 6.54 Å². The first-order valence-electron chi connectivity index (χ1n) is 7.47. The molecule has 1 saturated heterocycles. The zero-order valence-corrected chi connectivity index (χ0v) is 13.2. The molecule has 2 aliphatic heterocycles. The molecule has 0 radical (unpaired) electrons. The third-order valence-electron chi connectivity index (χ3n) is 4.73. The Hall–Kier alpha value is -2.14. The summed E-state index contributed by atoms with van der Waals surface area (Å²) < 4.78 is 0. The molecule has 0 unspecified atom stereocenters. The lowest BCUT2D eigenvalue weighted by molar-refractivity contribution is -0.128. The van der Waals surface area contributed by atoms with Crippen molar-refractivity contribution in [3.8, 4) is 0 Å². The molecule has 0 spiro atoms. The molecule has 4 rings (SSSR count). The van der Waals surface area contributed by atoms with Crippen LogP contribution < -0.4 is 0 Å². The van der Waals surface area contributed by atoms with E-state index in [4.69, 9.17) is 12.2 Å². The summed E-state index contributed by atoms with van der Waals surface area (Å²) >= 11 is 5.54. The predicted molar refractivity (Wildman–Crippen MR) is 90.6 cm³/mol. The van der Waals surface area contributed by atoms with Crippen LogP contribution in [0.1, 0.15) is 24.2 Å². The lowest BCUT2D eigenvalue weighted by Crippen LogP contribution is -2.42. The number of carbonyl (C=O) groups excluding carboxylic acids is 1. The van der Waals surface area contributed by atoms with Crippen LogP contribution in [0.3, 0.4) is 0 Å². The number of aromatic nitrogens is 1. The number of aromatic amines is 1. The lowest BCUT2D eigenvalue weighted by atomic mass is 9.93. The van der Waals surface area contributed by atoms with Gasteiger partial charge in [-0.05, 0) is 30.8 Å². The number of nitrogens with one attached hydrogen (secondary N) is 1. The fraction of sp³-hybridized carbons (Fsp3) is 0.294. The zero-order valence-electron chi connectivity index (χ0n) is 12.4. The van der Waals surface area contributed by atoms with E-state index >= 15 is 0 Å². The number of H-pyrrole nitrogens is 1. The van der Waals surface area contributed by atoms with Crippen molar-refractivity contribution in [1.82, 2.24) is 14.8 Å². The molecule has 3 heterocycles.